The van der Waals surface area contributed by atoms with Gasteiger partial charge in [0, 0.05) is 6.42 Å². The first kappa shape index (κ1) is 49.3. The van der Waals surface area contributed by atoms with Gasteiger partial charge in [-0.1, -0.05) is 179 Å². The number of rotatable bonds is 34. The molecule has 0 radical (unpaired) electrons. The highest BCUT2D eigenvalue weighted by atomic mass is 16.3. The Bertz CT molecular complexity index is 1190. The van der Waals surface area contributed by atoms with Gasteiger partial charge in [-0.25, -0.2) is 0 Å². The fraction of sp³-hybridized carbons (Fsp3) is 0.490. The SMILES string of the molecule is CC/C=C\C/C=C\C/C=C\C/C=C\C/C=C\C/C=C\C/C=C\C/C=C\C/C=C\C/C=C\C/C=C\CCCCCC(=O)NC(CO)C(O)/C=C/CCCC. The number of aliphatic hydroxyl groups excluding tert-OH is 2. The van der Waals surface area contributed by atoms with Crippen LogP contribution in [0.2, 0.25) is 0 Å². The van der Waals surface area contributed by atoms with Crippen molar-refractivity contribution >= 4 is 5.91 Å². The summed E-state index contributed by atoms with van der Waals surface area (Å²) in [7, 11) is 0. The van der Waals surface area contributed by atoms with Crippen LogP contribution in [0.4, 0.5) is 0 Å². The average Bonchev–Trinajstić information content (AvgIpc) is 3.16. The molecule has 0 aliphatic heterocycles. The summed E-state index contributed by atoms with van der Waals surface area (Å²) in [6, 6.07) is -0.646. The van der Waals surface area contributed by atoms with Crippen LogP contribution in [-0.4, -0.2) is 34.9 Å². The van der Waals surface area contributed by atoms with E-state index in [1.807, 2.05) is 6.08 Å². The van der Waals surface area contributed by atoms with Crippen molar-refractivity contribution in [2.75, 3.05) is 6.61 Å². The van der Waals surface area contributed by atoms with E-state index in [4.69, 9.17) is 0 Å². The maximum absolute atomic E-state index is 12.2. The Morgan fingerprint density at radius 1 is 0.472 bits per heavy atom. The van der Waals surface area contributed by atoms with Crippen LogP contribution in [0, 0.1) is 0 Å². The van der Waals surface area contributed by atoms with Crippen LogP contribution in [0.5, 0.6) is 0 Å². The number of unbranched alkanes of at least 4 members (excludes halogenated alkanes) is 5. The molecule has 0 spiro atoms. The summed E-state index contributed by atoms with van der Waals surface area (Å²) in [6.45, 7) is 4.00. The van der Waals surface area contributed by atoms with E-state index in [1.165, 1.54) is 0 Å². The second-order valence-electron chi connectivity index (χ2n) is 13.0. The van der Waals surface area contributed by atoms with Crippen molar-refractivity contribution in [2.45, 2.75) is 148 Å². The van der Waals surface area contributed by atoms with Crippen molar-refractivity contribution < 1.29 is 15.0 Å². The molecular weight excluding hydrogens is 651 g/mol. The molecule has 1 amide bonds. The molecule has 0 aliphatic carbocycles. The topological polar surface area (TPSA) is 69.6 Å². The zero-order valence-electron chi connectivity index (χ0n) is 33.5. The fourth-order valence-corrected chi connectivity index (χ4v) is 4.93. The van der Waals surface area contributed by atoms with Crippen molar-refractivity contribution in [3.63, 3.8) is 0 Å². The average molecular weight is 726 g/mol. The summed E-state index contributed by atoms with van der Waals surface area (Å²) in [5, 5.41) is 22.4. The molecule has 294 valence electrons. The number of aliphatic hydroxyl groups is 2. The number of amides is 1. The van der Waals surface area contributed by atoms with Gasteiger partial charge < -0.3 is 15.5 Å². The summed E-state index contributed by atoms with van der Waals surface area (Å²) in [4.78, 5) is 12.2. The Hall–Kier alpha value is -3.73. The first-order valence-corrected chi connectivity index (χ1v) is 20.5. The third-order valence-electron chi connectivity index (χ3n) is 8.08. The number of carbonyl (C=O) groups is 1. The van der Waals surface area contributed by atoms with Gasteiger partial charge in [-0.2, -0.15) is 0 Å². The molecule has 0 aromatic rings. The molecule has 0 rings (SSSR count). The lowest BCUT2D eigenvalue weighted by atomic mass is 10.1. The number of carbonyl (C=O) groups excluding carboxylic acids is 1. The maximum Gasteiger partial charge on any atom is 0.220 e. The van der Waals surface area contributed by atoms with Crippen LogP contribution in [0.1, 0.15) is 136 Å². The molecule has 53 heavy (non-hydrogen) atoms. The Morgan fingerprint density at radius 3 is 1.19 bits per heavy atom. The minimum absolute atomic E-state index is 0.114. The van der Waals surface area contributed by atoms with E-state index in [9.17, 15) is 15.0 Å². The number of nitrogens with one attached hydrogen (secondary N) is 1. The molecule has 4 nitrogen and oxygen atoms in total. The first-order chi connectivity index (χ1) is 26.2. The van der Waals surface area contributed by atoms with E-state index in [1.54, 1.807) is 6.08 Å². The second-order valence-corrected chi connectivity index (χ2v) is 13.0. The van der Waals surface area contributed by atoms with Gasteiger partial charge >= 0.3 is 0 Å². The summed E-state index contributed by atoms with van der Waals surface area (Å²) >= 11 is 0. The minimum Gasteiger partial charge on any atom is -0.394 e. The van der Waals surface area contributed by atoms with E-state index in [0.717, 1.165) is 116 Å². The van der Waals surface area contributed by atoms with Gasteiger partial charge in [0.2, 0.25) is 5.91 Å². The predicted octanol–water partition coefficient (Wildman–Crippen LogP) is 13.0. The Kier molecular flexibility index (Phi) is 39.7. The highest BCUT2D eigenvalue weighted by Crippen LogP contribution is 2.06. The summed E-state index contributed by atoms with van der Waals surface area (Å²) in [5.74, 6) is -0.114. The highest BCUT2D eigenvalue weighted by Gasteiger charge is 2.17. The Balaban J connectivity index is 3.72. The van der Waals surface area contributed by atoms with Crippen molar-refractivity contribution in [1.29, 1.82) is 0 Å². The molecule has 0 aromatic carbocycles. The lowest BCUT2D eigenvalue weighted by Gasteiger charge is -2.19. The van der Waals surface area contributed by atoms with Crippen molar-refractivity contribution in [1.82, 2.24) is 5.32 Å². The van der Waals surface area contributed by atoms with Gasteiger partial charge in [0.05, 0.1) is 18.8 Å². The summed E-state index contributed by atoms with van der Waals surface area (Å²) in [5.41, 5.74) is 0. The summed E-state index contributed by atoms with van der Waals surface area (Å²) < 4.78 is 0. The van der Waals surface area contributed by atoms with Gasteiger partial charge in [0.1, 0.15) is 0 Å². The third-order valence-corrected chi connectivity index (χ3v) is 8.08. The van der Waals surface area contributed by atoms with Crippen LogP contribution in [0.15, 0.2) is 146 Å². The van der Waals surface area contributed by atoms with Crippen molar-refractivity contribution in [2.24, 2.45) is 0 Å². The van der Waals surface area contributed by atoms with E-state index < -0.39 is 12.1 Å². The Labute approximate surface area is 325 Å². The number of hydrogen-bond donors (Lipinski definition) is 3. The molecule has 2 unspecified atom stereocenters. The lowest BCUT2D eigenvalue weighted by Crippen LogP contribution is -2.45. The van der Waals surface area contributed by atoms with Crippen LogP contribution in [0.3, 0.4) is 0 Å². The predicted molar refractivity (Wildman–Crippen MR) is 234 cm³/mol. The minimum atomic E-state index is -0.859. The first-order valence-electron chi connectivity index (χ1n) is 20.5. The van der Waals surface area contributed by atoms with Crippen molar-refractivity contribution in [3.05, 3.63) is 146 Å². The van der Waals surface area contributed by atoms with Gasteiger partial charge in [-0.15, -0.1) is 0 Å². The molecule has 0 saturated heterocycles. The highest BCUT2D eigenvalue weighted by molar-refractivity contribution is 5.76. The zero-order chi connectivity index (χ0) is 38.6. The van der Waals surface area contributed by atoms with E-state index in [2.05, 4.69) is 153 Å². The maximum atomic E-state index is 12.2. The van der Waals surface area contributed by atoms with Crippen LogP contribution < -0.4 is 5.32 Å². The zero-order valence-corrected chi connectivity index (χ0v) is 33.5. The van der Waals surface area contributed by atoms with E-state index in [-0.39, 0.29) is 12.5 Å². The molecule has 0 heterocycles. The number of hydrogen-bond acceptors (Lipinski definition) is 3. The Morgan fingerprint density at radius 2 is 0.830 bits per heavy atom. The van der Waals surface area contributed by atoms with E-state index >= 15 is 0 Å². The largest absolute Gasteiger partial charge is 0.394 e. The van der Waals surface area contributed by atoms with Crippen LogP contribution in [0.25, 0.3) is 0 Å². The molecule has 0 saturated carbocycles. The standard InChI is InChI=1S/C49H75NO3/c1-3-5-7-9-10-11-12-13-14-15-16-17-18-19-20-21-22-23-24-25-26-27-28-29-30-31-32-33-34-35-36-37-38-39-40-41-43-45-49(53)50-47(46-51)48(52)44-42-8-6-4-2/h5,7,10-11,13-14,16-17,19-20,22-23,25-26,28-29,31-32,34-35,37-38,42,44,47-48,51-52H,3-4,6,8-9,12,15,18,21,24,27,30,33,36,39-41,43,45-46H2,1-2H3,(H,50,53)/b7-5-,11-10-,14-13-,17-16-,20-19-,23-22-,26-25-,29-28-,32-31-,35-34-,38-37-,44-42+. The quantitative estimate of drug-likeness (QED) is 0.0457. The van der Waals surface area contributed by atoms with Crippen molar-refractivity contribution in [3.8, 4) is 0 Å². The molecule has 0 fully saturated rings. The van der Waals surface area contributed by atoms with Gasteiger partial charge in [0.15, 0.2) is 0 Å². The van der Waals surface area contributed by atoms with Crippen LogP contribution in [-0.2, 0) is 4.79 Å². The third kappa shape index (κ3) is 39.3. The molecule has 0 bridgehead atoms. The molecule has 2 atom stereocenters. The monoisotopic (exact) mass is 726 g/mol. The van der Waals surface area contributed by atoms with E-state index in [0.29, 0.717) is 6.42 Å². The normalized spacial score (nSPS) is 14.6. The molecule has 4 heteroatoms. The summed E-state index contributed by atoms with van der Waals surface area (Å²) in [6.07, 6.45) is 70.0. The van der Waals surface area contributed by atoms with Gasteiger partial charge in [-0.3, -0.25) is 4.79 Å². The molecular formula is C49H75NO3. The smallest absolute Gasteiger partial charge is 0.220 e. The second kappa shape index (κ2) is 42.7. The lowest BCUT2D eigenvalue weighted by molar-refractivity contribution is -0.123. The van der Waals surface area contributed by atoms with Crippen LogP contribution >= 0.6 is 0 Å². The van der Waals surface area contributed by atoms with Gasteiger partial charge in [-0.05, 0) is 96.3 Å². The fourth-order valence-electron chi connectivity index (χ4n) is 4.93. The molecule has 0 aliphatic rings. The molecule has 3 N–H and O–H groups in total. The van der Waals surface area contributed by atoms with Gasteiger partial charge in [0.25, 0.3) is 0 Å². The molecule has 0 aromatic heterocycles. The number of allylic oxidation sites excluding steroid dienone is 23.